The van der Waals surface area contributed by atoms with E-state index in [9.17, 15) is 9.59 Å². The van der Waals surface area contributed by atoms with Crippen molar-refractivity contribution in [2.45, 2.75) is 25.5 Å². The van der Waals surface area contributed by atoms with Gasteiger partial charge in [-0.05, 0) is 41.3 Å². The number of amides is 2. The lowest BCUT2D eigenvalue weighted by atomic mass is 10.2. The van der Waals surface area contributed by atoms with Crippen LogP contribution in [-0.2, 0) is 9.53 Å². The van der Waals surface area contributed by atoms with E-state index in [0.29, 0.717) is 30.3 Å². The summed E-state index contributed by atoms with van der Waals surface area (Å²) in [4.78, 5) is 29.2. The molecule has 2 aromatic heterocycles. The molecule has 10 nitrogen and oxygen atoms in total. The quantitative estimate of drug-likeness (QED) is 0.589. The molecule has 4 heterocycles. The fraction of sp³-hybridized carbons (Fsp3) is 0.381. The number of benzene rings is 1. The Morgan fingerprint density at radius 3 is 2.97 bits per heavy atom. The van der Waals surface area contributed by atoms with Crippen molar-refractivity contribution < 1.29 is 18.7 Å². The number of halogens is 1. The van der Waals surface area contributed by atoms with E-state index >= 15 is 4.39 Å². The molecule has 33 heavy (non-hydrogen) atoms. The number of nitrogens with zero attached hydrogens (tertiary/aromatic N) is 6. The molecule has 0 saturated carbocycles. The van der Waals surface area contributed by atoms with Crippen molar-refractivity contribution in [3.8, 4) is 10.7 Å². The van der Waals surface area contributed by atoms with Crippen LogP contribution in [0.4, 0.5) is 20.6 Å². The number of hydrogen-bond donors (Lipinski definition) is 1. The molecule has 0 aliphatic carbocycles. The number of tetrazole rings is 1. The van der Waals surface area contributed by atoms with Gasteiger partial charge >= 0.3 is 6.09 Å². The van der Waals surface area contributed by atoms with Gasteiger partial charge in [0, 0.05) is 20.0 Å². The van der Waals surface area contributed by atoms with Crippen LogP contribution < -0.4 is 15.1 Å². The van der Waals surface area contributed by atoms with Crippen LogP contribution in [-0.4, -0.2) is 64.5 Å². The zero-order valence-electron chi connectivity index (χ0n) is 17.8. The molecule has 0 spiro atoms. The highest BCUT2D eigenvalue weighted by molar-refractivity contribution is 7.13. The topological polar surface area (TPSA) is 105 Å². The van der Waals surface area contributed by atoms with E-state index < -0.39 is 18.0 Å². The fourth-order valence-corrected chi connectivity index (χ4v) is 4.70. The molecule has 0 unspecified atom stereocenters. The number of aromatic nitrogens is 4. The smallest absolute Gasteiger partial charge is 0.414 e. The predicted molar refractivity (Wildman–Crippen MR) is 120 cm³/mol. The Morgan fingerprint density at radius 1 is 1.33 bits per heavy atom. The number of rotatable bonds is 6. The van der Waals surface area contributed by atoms with Crippen LogP contribution in [0.25, 0.3) is 10.7 Å². The van der Waals surface area contributed by atoms with Crippen LogP contribution in [0, 0.1) is 5.82 Å². The summed E-state index contributed by atoms with van der Waals surface area (Å²) in [5.41, 5.74) is 0.878. The van der Waals surface area contributed by atoms with Gasteiger partial charge < -0.3 is 15.0 Å². The Bertz CT molecular complexity index is 1170. The highest BCUT2D eigenvalue weighted by atomic mass is 32.1. The number of hydrogen-bond acceptors (Lipinski definition) is 8. The summed E-state index contributed by atoms with van der Waals surface area (Å²) in [6, 6.07) is 8.60. The predicted octanol–water partition coefficient (Wildman–Crippen LogP) is 2.45. The number of anilines is 2. The van der Waals surface area contributed by atoms with Crippen molar-refractivity contribution in [1.82, 2.24) is 25.5 Å². The average Bonchev–Trinajstić information content (AvgIpc) is 3.58. The third-order valence-corrected chi connectivity index (χ3v) is 6.56. The lowest BCUT2D eigenvalue weighted by Gasteiger charge is -2.21. The summed E-state index contributed by atoms with van der Waals surface area (Å²) in [7, 11) is 0. The Labute approximate surface area is 192 Å². The van der Waals surface area contributed by atoms with Gasteiger partial charge in [-0.2, -0.15) is 4.80 Å². The van der Waals surface area contributed by atoms with Gasteiger partial charge in [-0.1, -0.05) is 6.07 Å². The van der Waals surface area contributed by atoms with E-state index in [1.807, 2.05) is 22.4 Å². The monoisotopic (exact) mass is 471 g/mol. The number of ether oxygens (including phenoxy) is 1. The summed E-state index contributed by atoms with van der Waals surface area (Å²) < 4.78 is 20.3. The molecule has 5 rings (SSSR count). The van der Waals surface area contributed by atoms with Crippen molar-refractivity contribution in [3.63, 3.8) is 0 Å². The molecule has 172 valence electrons. The Kier molecular flexibility index (Phi) is 5.67. The van der Waals surface area contributed by atoms with Crippen molar-refractivity contribution in [3.05, 3.63) is 41.5 Å². The minimum Gasteiger partial charge on any atom is -0.442 e. The maximum Gasteiger partial charge on any atom is 0.414 e. The zero-order valence-corrected chi connectivity index (χ0v) is 18.7. The van der Waals surface area contributed by atoms with Crippen molar-refractivity contribution in [1.29, 1.82) is 0 Å². The Hall–Kier alpha value is -3.54. The van der Waals surface area contributed by atoms with E-state index in [4.69, 9.17) is 4.74 Å². The molecule has 0 radical (unpaired) electrons. The van der Waals surface area contributed by atoms with Crippen molar-refractivity contribution in [2.75, 3.05) is 36.0 Å². The summed E-state index contributed by atoms with van der Waals surface area (Å²) in [5.74, 6) is -0.0296. The number of thiophene rings is 1. The zero-order chi connectivity index (χ0) is 22.9. The van der Waals surface area contributed by atoms with Crippen LogP contribution >= 0.6 is 11.3 Å². The molecule has 2 saturated heterocycles. The minimum atomic E-state index is -0.558. The van der Waals surface area contributed by atoms with Crippen molar-refractivity contribution >= 4 is 34.7 Å². The SMILES string of the molecule is CC(=O)NC[C@H]1CN(c2ccc(N3CC[C@@H](n4nnc(-c5cccs5)n4)C3)c(F)c2)C(=O)O1. The van der Waals surface area contributed by atoms with Gasteiger partial charge in [0.15, 0.2) is 0 Å². The maximum atomic E-state index is 15.0. The summed E-state index contributed by atoms with van der Waals surface area (Å²) in [6.45, 7) is 3.07. The van der Waals surface area contributed by atoms with Crippen molar-refractivity contribution in [2.24, 2.45) is 0 Å². The van der Waals surface area contributed by atoms with Crippen LogP contribution in [0.3, 0.4) is 0 Å². The fourth-order valence-electron chi connectivity index (χ4n) is 4.05. The molecule has 2 amide bonds. The van der Waals surface area contributed by atoms with Gasteiger partial charge in [0.05, 0.1) is 35.4 Å². The number of carbonyl (C=O) groups excluding carboxylic acids is 2. The van der Waals surface area contributed by atoms with Crippen LogP contribution in [0.2, 0.25) is 0 Å². The third kappa shape index (κ3) is 4.38. The number of nitrogens with one attached hydrogen (secondary N) is 1. The summed E-state index contributed by atoms with van der Waals surface area (Å²) in [5, 5.41) is 17.4. The number of cyclic esters (lactones) is 1. The molecule has 1 aromatic carbocycles. The molecule has 2 aliphatic heterocycles. The van der Waals surface area contributed by atoms with E-state index in [1.54, 1.807) is 28.3 Å². The molecule has 2 atom stereocenters. The average molecular weight is 472 g/mol. The molecular formula is C21H22FN7O3S. The second-order valence-electron chi connectivity index (χ2n) is 7.99. The molecule has 0 bridgehead atoms. The number of carbonyl (C=O) groups is 2. The van der Waals surface area contributed by atoms with Gasteiger partial charge in [0.1, 0.15) is 11.9 Å². The summed E-state index contributed by atoms with van der Waals surface area (Å²) in [6.07, 6.45) is -0.264. The molecule has 1 N–H and O–H groups in total. The van der Waals surface area contributed by atoms with Gasteiger partial charge in [-0.25, -0.2) is 9.18 Å². The van der Waals surface area contributed by atoms with Gasteiger partial charge in [-0.15, -0.1) is 21.5 Å². The highest BCUT2D eigenvalue weighted by Gasteiger charge is 2.33. The van der Waals surface area contributed by atoms with E-state index in [-0.39, 0.29) is 25.0 Å². The molecule has 3 aromatic rings. The largest absolute Gasteiger partial charge is 0.442 e. The molecular weight excluding hydrogens is 449 g/mol. The van der Waals surface area contributed by atoms with Crippen LogP contribution in [0.15, 0.2) is 35.7 Å². The lowest BCUT2D eigenvalue weighted by Crippen LogP contribution is -2.33. The van der Waals surface area contributed by atoms with Crippen LogP contribution in [0.5, 0.6) is 0 Å². The second-order valence-corrected chi connectivity index (χ2v) is 8.94. The molecule has 12 heteroatoms. The standard InChI is InChI=1S/C21H22FN7O3S/c1-13(30)23-10-16-12-28(21(31)32-16)14-4-5-18(17(22)9-14)27-7-6-15(11-27)29-25-20(24-26-29)19-3-2-8-33-19/h2-5,8-9,15-16H,6-7,10-12H2,1H3,(H,23,30)/t15-,16+/m1/s1. The Morgan fingerprint density at radius 2 is 2.21 bits per heavy atom. The minimum absolute atomic E-state index is 0.00613. The van der Waals surface area contributed by atoms with Crippen LogP contribution in [0.1, 0.15) is 19.4 Å². The first kappa shape index (κ1) is 21.3. The van der Waals surface area contributed by atoms with E-state index in [2.05, 4.69) is 20.7 Å². The first-order valence-corrected chi connectivity index (χ1v) is 11.5. The van der Waals surface area contributed by atoms with Gasteiger partial charge in [0.25, 0.3) is 0 Å². The summed E-state index contributed by atoms with van der Waals surface area (Å²) >= 11 is 1.55. The molecule has 2 aliphatic rings. The normalized spacial score (nSPS) is 20.4. The maximum absolute atomic E-state index is 15.0. The third-order valence-electron chi connectivity index (χ3n) is 5.70. The van der Waals surface area contributed by atoms with E-state index in [1.165, 1.54) is 17.9 Å². The highest BCUT2D eigenvalue weighted by Crippen LogP contribution is 2.32. The first-order valence-electron chi connectivity index (χ1n) is 10.6. The second kappa shape index (κ2) is 8.77. The molecule has 2 fully saturated rings. The lowest BCUT2D eigenvalue weighted by molar-refractivity contribution is -0.119. The van der Waals surface area contributed by atoms with Gasteiger partial charge in [-0.3, -0.25) is 9.69 Å². The van der Waals surface area contributed by atoms with E-state index in [0.717, 1.165) is 11.3 Å². The Balaban J connectivity index is 1.25. The van der Waals surface area contributed by atoms with Gasteiger partial charge in [0.2, 0.25) is 11.7 Å². The first-order chi connectivity index (χ1) is 16.0.